The summed E-state index contributed by atoms with van der Waals surface area (Å²) in [6.45, 7) is 1.76. The van der Waals surface area contributed by atoms with Crippen LogP contribution in [0.15, 0.2) is 53.6 Å². The lowest BCUT2D eigenvalue weighted by Crippen LogP contribution is -2.39. The van der Waals surface area contributed by atoms with Crippen molar-refractivity contribution in [3.05, 3.63) is 65.5 Å². The van der Waals surface area contributed by atoms with Crippen LogP contribution in [0.4, 0.5) is 4.39 Å². The van der Waals surface area contributed by atoms with Crippen LogP contribution in [0.3, 0.4) is 0 Å². The third-order valence-electron chi connectivity index (χ3n) is 3.42. The highest BCUT2D eigenvalue weighted by Crippen LogP contribution is 2.17. The maximum absolute atomic E-state index is 12.8. The molecule has 0 aliphatic heterocycles. The highest BCUT2D eigenvalue weighted by Gasteiger charge is 2.16. The molecule has 0 aliphatic carbocycles. The number of halogens is 1. The van der Waals surface area contributed by atoms with Crippen LogP contribution in [-0.2, 0) is 9.59 Å². The van der Waals surface area contributed by atoms with Gasteiger partial charge in [-0.2, -0.15) is 5.10 Å². The van der Waals surface area contributed by atoms with Gasteiger partial charge in [-0.05, 0) is 42.3 Å². The molecule has 25 heavy (non-hydrogen) atoms. The van der Waals surface area contributed by atoms with Gasteiger partial charge in [-0.3, -0.25) is 9.59 Å². The number of rotatable bonds is 5. The Bertz CT molecular complexity index is 758. The quantitative estimate of drug-likeness (QED) is 0.496. The summed E-state index contributed by atoms with van der Waals surface area (Å²) in [5.74, 6) is -1.36. The van der Waals surface area contributed by atoms with Gasteiger partial charge in [-0.15, -0.1) is 0 Å². The van der Waals surface area contributed by atoms with Crippen LogP contribution in [-0.4, -0.2) is 25.1 Å². The highest BCUT2D eigenvalue weighted by atomic mass is 19.1. The van der Waals surface area contributed by atoms with Gasteiger partial charge in [0.2, 0.25) is 0 Å². The largest absolute Gasteiger partial charge is 0.497 e. The number of amides is 2. The molecule has 2 aromatic carbocycles. The maximum Gasteiger partial charge on any atom is 0.329 e. The van der Waals surface area contributed by atoms with Gasteiger partial charge in [0.15, 0.2) is 0 Å². The molecule has 0 unspecified atom stereocenters. The summed E-state index contributed by atoms with van der Waals surface area (Å²) in [5.41, 5.74) is 3.55. The van der Waals surface area contributed by atoms with Crippen LogP contribution >= 0.6 is 0 Å². The minimum absolute atomic E-state index is 0.356. The number of carbonyl (C=O) groups is 2. The van der Waals surface area contributed by atoms with Gasteiger partial charge in [0.05, 0.1) is 19.4 Å². The molecule has 0 spiro atoms. The minimum atomic E-state index is -0.890. The van der Waals surface area contributed by atoms with Gasteiger partial charge in [0.1, 0.15) is 11.6 Å². The molecule has 7 heteroatoms. The fourth-order valence-corrected chi connectivity index (χ4v) is 2.00. The minimum Gasteiger partial charge on any atom is -0.497 e. The van der Waals surface area contributed by atoms with Crippen molar-refractivity contribution in [2.45, 2.75) is 13.0 Å². The summed E-state index contributed by atoms with van der Waals surface area (Å²) < 4.78 is 17.8. The van der Waals surface area contributed by atoms with Crippen LogP contribution in [0.2, 0.25) is 0 Å². The van der Waals surface area contributed by atoms with Crippen molar-refractivity contribution in [3.8, 4) is 5.75 Å². The Morgan fingerprint density at radius 2 is 1.72 bits per heavy atom. The zero-order valence-electron chi connectivity index (χ0n) is 13.8. The average Bonchev–Trinajstić information content (AvgIpc) is 2.63. The molecule has 6 nitrogen and oxygen atoms in total. The fraction of sp³-hybridized carbons (Fsp3) is 0.167. The van der Waals surface area contributed by atoms with Crippen molar-refractivity contribution < 1.29 is 18.7 Å². The lowest BCUT2D eigenvalue weighted by Gasteiger charge is -2.13. The van der Waals surface area contributed by atoms with Crippen LogP contribution in [0.25, 0.3) is 0 Å². The first-order chi connectivity index (χ1) is 12.0. The van der Waals surface area contributed by atoms with E-state index in [0.29, 0.717) is 11.3 Å². The summed E-state index contributed by atoms with van der Waals surface area (Å²) in [5, 5.41) is 6.24. The Hall–Kier alpha value is -3.22. The highest BCUT2D eigenvalue weighted by molar-refractivity contribution is 6.35. The Labute approximate surface area is 144 Å². The van der Waals surface area contributed by atoms with E-state index in [1.54, 1.807) is 38.3 Å². The normalized spacial score (nSPS) is 11.8. The molecular weight excluding hydrogens is 325 g/mol. The van der Waals surface area contributed by atoms with Gasteiger partial charge < -0.3 is 10.1 Å². The standard InChI is InChI=1S/C18H18FN3O3/c1-12(14-5-9-16(25-2)10-6-14)21-17(23)18(24)22-20-11-13-3-7-15(19)8-4-13/h3-12H,1-2H3,(H,21,23)(H,22,24)/b20-11-/t12-/m1/s1. The van der Waals surface area contributed by atoms with Gasteiger partial charge in [-0.25, -0.2) is 9.82 Å². The monoisotopic (exact) mass is 343 g/mol. The van der Waals surface area contributed by atoms with Gasteiger partial charge in [0.25, 0.3) is 0 Å². The van der Waals surface area contributed by atoms with Crippen LogP contribution in [0.5, 0.6) is 5.75 Å². The third-order valence-corrected chi connectivity index (χ3v) is 3.42. The van der Waals surface area contributed by atoms with E-state index in [1.807, 2.05) is 0 Å². The number of benzene rings is 2. The predicted octanol–water partition coefficient (Wildman–Crippen LogP) is 2.16. The molecule has 0 radical (unpaired) electrons. The number of hydrogen-bond donors (Lipinski definition) is 2. The summed E-state index contributed by atoms with van der Waals surface area (Å²) in [6, 6.07) is 12.3. The van der Waals surface area contributed by atoms with Crippen molar-refractivity contribution in [2.24, 2.45) is 5.10 Å². The Kier molecular flexibility index (Phi) is 6.22. The number of ether oxygens (including phenoxy) is 1. The van der Waals surface area contributed by atoms with E-state index < -0.39 is 11.8 Å². The SMILES string of the molecule is COc1ccc([C@@H](C)NC(=O)C(=O)N/N=C\c2ccc(F)cc2)cc1. The molecule has 0 saturated carbocycles. The van der Waals surface area contributed by atoms with E-state index in [-0.39, 0.29) is 11.9 Å². The second-order valence-corrected chi connectivity index (χ2v) is 5.22. The predicted molar refractivity (Wildman–Crippen MR) is 91.7 cm³/mol. The molecule has 2 N–H and O–H groups in total. The molecule has 0 fully saturated rings. The zero-order chi connectivity index (χ0) is 18.2. The second kappa shape index (κ2) is 8.58. The van der Waals surface area contributed by atoms with Gasteiger partial charge in [-0.1, -0.05) is 24.3 Å². The molecule has 0 heterocycles. The number of hydrogen-bond acceptors (Lipinski definition) is 4. The van der Waals surface area contributed by atoms with Crippen molar-refractivity contribution >= 4 is 18.0 Å². The maximum atomic E-state index is 12.8. The molecule has 0 bridgehead atoms. The summed E-state index contributed by atoms with van der Waals surface area (Å²) in [4.78, 5) is 23.6. The molecule has 2 amide bonds. The van der Waals surface area contributed by atoms with E-state index in [4.69, 9.17) is 4.74 Å². The third kappa shape index (κ3) is 5.42. The molecule has 1 atom stereocenters. The lowest BCUT2D eigenvalue weighted by atomic mass is 10.1. The topological polar surface area (TPSA) is 79.8 Å². The summed E-state index contributed by atoms with van der Waals surface area (Å²) in [7, 11) is 1.57. The first kappa shape index (κ1) is 18.1. The number of methoxy groups -OCH3 is 1. The lowest BCUT2D eigenvalue weighted by molar-refractivity contribution is -0.139. The number of hydrazone groups is 1. The van der Waals surface area contributed by atoms with E-state index in [1.165, 1.54) is 30.5 Å². The summed E-state index contributed by atoms with van der Waals surface area (Å²) >= 11 is 0. The summed E-state index contributed by atoms with van der Waals surface area (Å²) in [6.07, 6.45) is 1.32. The van der Waals surface area contributed by atoms with Crippen molar-refractivity contribution in [1.82, 2.24) is 10.7 Å². The van der Waals surface area contributed by atoms with Crippen molar-refractivity contribution in [3.63, 3.8) is 0 Å². The molecule has 130 valence electrons. The number of nitrogens with one attached hydrogen (secondary N) is 2. The Morgan fingerprint density at radius 3 is 2.32 bits per heavy atom. The fourth-order valence-electron chi connectivity index (χ4n) is 2.00. The first-order valence-electron chi connectivity index (χ1n) is 7.53. The molecule has 2 aromatic rings. The number of nitrogens with zero attached hydrogens (tertiary/aromatic N) is 1. The Morgan fingerprint density at radius 1 is 1.08 bits per heavy atom. The molecule has 2 rings (SSSR count). The Balaban J connectivity index is 1.86. The molecule has 0 aliphatic rings. The van der Waals surface area contributed by atoms with Gasteiger partial charge >= 0.3 is 11.8 Å². The smallest absolute Gasteiger partial charge is 0.329 e. The second-order valence-electron chi connectivity index (χ2n) is 5.22. The molecule has 0 aromatic heterocycles. The van der Waals surface area contributed by atoms with Crippen LogP contribution in [0.1, 0.15) is 24.1 Å². The molecule has 0 saturated heterocycles. The average molecular weight is 343 g/mol. The number of carbonyl (C=O) groups excluding carboxylic acids is 2. The van der Waals surface area contributed by atoms with Crippen LogP contribution < -0.4 is 15.5 Å². The van der Waals surface area contributed by atoms with Crippen LogP contribution in [0, 0.1) is 5.82 Å². The van der Waals surface area contributed by atoms with Crippen molar-refractivity contribution in [1.29, 1.82) is 0 Å². The van der Waals surface area contributed by atoms with E-state index >= 15 is 0 Å². The molecular formula is C18H18FN3O3. The van der Waals surface area contributed by atoms with Crippen molar-refractivity contribution in [2.75, 3.05) is 7.11 Å². The van der Waals surface area contributed by atoms with E-state index in [0.717, 1.165) is 5.56 Å². The van der Waals surface area contributed by atoms with Gasteiger partial charge in [0, 0.05) is 0 Å². The van der Waals surface area contributed by atoms with E-state index in [9.17, 15) is 14.0 Å². The van der Waals surface area contributed by atoms with E-state index in [2.05, 4.69) is 15.8 Å². The zero-order valence-corrected chi connectivity index (χ0v) is 13.8. The first-order valence-corrected chi connectivity index (χ1v) is 7.53.